The SMILES string of the molecule is CC(C)(C)OC(=O)N1C[C@H](NOCc2ccccc2)CC[C@H]1C(=O)OCC#N. The lowest BCUT2D eigenvalue weighted by Gasteiger charge is -2.38. The van der Waals surface area contributed by atoms with Crippen LogP contribution in [0, 0.1) is 11.3 Å². The Morgan fingerprint density at radius 1 is 1.25 bits per heavy atom. The highest BCUT2D eigenvalue weighted by Gasteiger charge is 2.39. The number of likely N-dealkylation sites (tertiary alicyclic amines) is 1. The number of esters is 1. The molecule has 8 heteroatoms. The summed E-state index contributed by atoms with van der Waals surface area (Å²) in [5, 5.41) is 8.62. The summed E-state index contributed by atoms with van der Waals surface area (Å²) in [7, 11) is 0. The van der Waals surface area contributed by atoms with Gasteiger partial charge in [0.15, 0.2) is 6.61 Å². The van der Waals surface area contributed by atoms with Gasteiger partial charge in [-0.05, 0) is 39.2 Å². The second-order valence-electron chi connectivity index (χ2n) is 7.58. The van der Waals surface area contributed by atoms with Crippen LogP contribution in [0.15, 0.2) is 30.3 Å². The maximum absolute atomic E-state index is 12.6. The average molecular weight is 389 g/mol. The molecule has 1 aromatic carbocycles. The summed E-state index contributed by atoms with van der Waals surface area (Å²) in [6.45, 7) is 5.55. The molecule has 1 saturated heterocycles. The number of carbonyl (C=O) groups is 2. The van der Waals surface area contributed by atoms with Crippen molar-refractivity contribution in [2.24, 2.45) is 0 Å². The molecule has 0 unspecified atom stereocenters. The average Bonchev–Trinajstić information content (AvgIpc) is 2.65. The van der Waals surface area contributed by atoms with Crippen LogP contribution >= 0.6 is 0 Å². The van der Waals surface area contributed by atoms with E-state index < -0.39 is 23.7 Å². The van der Waals surface area contributed by atoms with Gasteiger partial charge in [0.05, 0.1) is 12.6 Å². The van der Waals surface area contributed by atoms with Crippen molar-refractivity contribution in [1.29, 1.82) is 5.26 Å². The van der Waals surface area contributed by atoms with Gasteiger partial charge in [0.1, 0.15) is 17.7 Å². The van der Waals surface area contributed by atoms with Crippen LogP contribution in [0.1, 0.15) is 39.2 Å². The number of carbonyl (C=O) groups excluding carboxylic acids is 2. The molecular weight excluding hydrogens is 362 g/mol. The van der Waals surface area contributed by atoms with Crippen molar-refractivity contribution < 1.29 is 23.9 Å². The first-order chi connectivity index (χ1) is 13.3. The van der Waals surface area contributed by atoms with Crippen LogP contribution in [0.2, 0.25) is 0 Å². The molecule has 0 spiro atoms. The third kappa shape index (κ3) is 6.83. The number of nitrogens with one attached hydrogen (secondary N) is 1. The van der Waals surface area contributed by atoms with Crippen LogP contribution < -0.4 is 5.48 Å². The van der Waals surface area contributed by atoms with Crippen molar-refractivity contribution in [2.75, 3.05) is 13.2 Å². The van der Waals surface area contributed by atoms with Crippen molar-refractivity contribution in [1.82, 2.24) is 10.4 Å². The monoisotopic (exact) mass is 389 g/mol. The summed E-state index contributed by atoms with van der Waals surface area (Å²) < 4.78 is 10.3. The second-order valence-corrected chi connectivity index (χ2v) is 7.58. The van der Waals surface area contributed by atoms with Crippen LogP contribution in [0.4, 0.5) is 4.79 Å². The minimum Gasteiger partial charge on any atom is -0.449 e. The molecule has 8 nitrogen and oxygen atoms in total. The highest BCUT2D eigenvalue weighted by atomic mass is 16.6. The molecular formula is C20H27N3O5. The van der Waals surface area contributed by atoms with Gasteiger partial charge in [-0.2, -0.15) is 10.7 Å². The molecule has 1 aliphatic heterocycles. The summed E-state index contributed by atoms with van der Waals surface area (Å²) >= 11 is 0. The molecule has 1 aliphatic rings. The number of hydrogen-bond donors (Lipinski definition) is 1. The molecule has 2 atom stereocenters. The van der Waals surface area contributed by atoms with E-state index in [1.165, 1.54) is 4.90 Å². The summed E-state index contributed by atoms with van der Waals surface area (Å²) in [6, 6.07) is 10.5. The zero-order valence-corrected chi connectivity index (χ0v) is 16.5. The standard InChI is InChI=1S/C20H27N3O5/c1-20(2,3)28-19(25)23-13-16(9-10-17(23)18(24)26-12-11-21)22-27-14-15-7-5-4-6-8-15/h4-8,16-17,22H,9-10,12-14H2,1-3H3/t16-,17+/m1/s1. The normalized spacial score (nSPS) is 19.6. The minimum absolute atomic E-state index is 0.156. The molecule has 1 aromatic rings. The second kappa shape index (κ2) is 10.1. The van der Waals surface area contributed by atoms with Crippen LogP contribution in [0.25, 0.3) is 0 Å². The van der Waals surface area contributed by atoms with Gasteiger partial charge >= 0.3 is 12.1 Å². The van der Waals surface area contributed by atoms with E-state index in [-0.39, 0.29) is 19.2 Å². The number of piperidine rings is 1. The van der Waals surface area contributed by atoms with E-state index in [9.17, 15) is 9.59 Å². The highest BCUT2D eigenvalue weighted by Crippen LogP contribution is 2.22. The van der Waals surface area contributed by atoms with Gasteiger partial charge in [0.25, 0.3) is 0 Å². The largest absolute Gasteiger partial charge is 0.449 e. The molecule has 0 saturated carbocycles. The fourth-order valence-electron chi connectivity index (χ4n) is 2.85. The molecule has 0 bridgehead atoms. The van der Waals surface area contributed by atoms with Gasteiger partial charge in [-0.25, -0.2) is 9.59 Å². The summed E-state index contributed by atoms with van der Waals surface area (Å²) in [5.74, 6) is -0.601. The third-order valence-electron chi connectivity index (χ3n) is 4.09. The Labute approximate surface area is 165 Å². The minimum atomic E-state index is -0.782. The van der Waals surface area contributed by atoms with Crippen LogP contribution in [0.3, 0.4) is 0 Å². The summed E-state index contributed by atoms with van der Waals surface area (Å²) in [5.41, 5.74) is 3.30. The zero-order chi connectivity index (χ0) is 20.6. The van der Waals surface area contributed by atoms with E-state index in [1.807, 2.05) is 30.3 Å². The predicted molar refractivity (Wildman–Crippen MR) is 101 cm³/mol. The van der Waals surface area contributed by atoms with Crippen molar-refractivity contribution in [3.8, 4) is 6.07 Å². The highest BCUT2D eigenvalue weighted by molar-refractivity contribution is 5.82. The molecule has 1 fully saturated rings. The molecule has 28 heavy (non-hydrogen) atoms. The van der Waals surface area contributed by atoms with E-state index >= 15 is 0 Å². The molecule has 152 valence electrons. The first-order valence-corrected chi connectivity index (χ1v) is 9.24. The lowest BCUT2D eigenvalue weighted by molar-refractivity contribution is -0.150. The smallest absolute Gasteiger partial charge is 0.411 e. The predicted octanol–water partition coefficient (Wildman–Crippen LogP) is 2.54. The van der Waals surface area contributed by atoms with E-state index in [1.54, 1.807) is 26.8 Å². The van der Waals surface area contributed by atoms with Crippen LogP contribution in [-0.4, -0.2) is 47.8 Å². The number of ether oxygens (including phenoxy) is 2. The van der Waals surface area contributed by atoms with E-state index in [2.05, 4.69) is 5.48 Å². The maximum Gasteiger partial charge on any atom is 0.411 e. The fourth-order valence-corrected chi connectivity index (χ4v) is 2.85. The molecule has 1 heterocycles. The fraction of sp³-hybridized carbons (Fsp3) is 0.550. The molecule has 0 aliphatic carbocycles. The number of amides is 1. The van der Waals surface area contributed by atoms with Crippen molar-refractivity contribution >= 4 is 12.1 Å². The van der Waals surface area contributed by atoms with Gasteiger partial charge in [-0.1, -0.05) is 30.3 Å². The first kappa shape index (κ1) is 21.7. The number of hydrogen-bond acceptors (Lipinski definition) is 7. The van der Waals surface area contributed by atoms with Gasteiger partial charge in [0, 0.05) is 6.54 Å². The van der Waals surface area contributed by atoms with E-state index in [4.69, 9.17) is 19.6 Å². The Morgan fingerprint density at radius 3 is 2.61 bits per heavy atom. The van der Waals surface area contributed by atoms with Crippen LogP contribution in [0.5, 0.6) is 0 Å². The summed E-state index contributed by atoms with van der Waals surface area (Å²) in [6.07, 6.45) is 0.400. The number of benzene rings is 1. The zero-order valence-electron chi connectivity index (χ0n) is 16.5. The Balaban J connectivity index is 1.97. The lowest BCUT2D eigenvalue weighted by atomic mass is 9.99. The topological polar surface area (TPSA) is 101 Å². The quantitative estimate of drug-likeness (QED) is 0.589. The molecule has 0 radical (unpaired) electrons. The van der Waals surface area contributed by atoms with E-state index in [0.717, 1.165) is 5.56 Å². The lowest BCUT2D eigenvalue weighted by Crippen LogP contribution is -2.56. The number of hydroxylamine groups is 1. The number of nitrogens with zero attached hydrogens (tertiary/aromatic N) is 2. The third-order valence-corrected chi connectivity index (χ3v) is 4.09. The van der Waals surface area contributed by atoms with Crippen molar-refractivity contribution in [3.05, 3.63) is 35.9 Å². The van der Waals surface area contributed by atoms with Gasteiger partial charge in [-0.3, -0.25) is 9.74 Å². The van der Waals surface area contributed by atoms with Gasteiger partial charge in [0.2, 0.25) is 0 Å². The number of rotatable bonds is 6. The molecule has 1 N–H and O–H groups in total. The molecule has 2 rings (SSSR count). The maximum atomic E-state index is 12.6. The van der Waals surface area contributed by atoms with Crippen molar-refractivity contribution in [2.45, 2.75) is 57.9 Å². The Morgan fingerprint density at radius 2 is 1.96 bits per heavy atom. The first-order valence-electron chi connectivity index (χ1n) is 9.24. The number of nitriles is 1. The Kier molecular flexibility index (Phi) is 7.79. The summed E-state index contributed by atoms with van der Waals surface area (Å²) in [4.78, 5) is 31.8. The Bertz CT molecular complexity index is 696. The molecule has 1 amide bonds. The van der Waals surface area contributed by atoms with Gasteiger partial charge < -0.3 is 9.47 Å². The molecule has 0 aromatic heterocycles. The van der Waals surface area contributed by atoms with Crippen LogP contribution in [-0.2, 0) is 25.7 Å². The van der Waals surface area contributed by atoms with Gasteiger partial charge in [-0.15, -0.1) is 0 Å². The Hall–Kier alpha value is -2.63. The van der Waals surface area contributed by atoms with Crippen molar-refractivity contribution in [3.63, 3.8) is 0 Å². The van der Waals surface area contributed by atoms with E-state index in [0.29, 0.717) is 19.4 Å².